The lowest BCUT2D eigenvalue weighted by Crippen LogP contribution is -2.64. The van der Waals surface area contributed by atoms with E-state index in [4.69, 9.17) is 0 Å². The highest BCUT2D eigenvalue weighted by Gasteiger charge is 2.53. The van der Waals surface area contributed by atoms with Crippen LogP contribution in [0, 0.1) is 0 Å². The number of hydrogen-bond donors (Lipinski definition) is 1. The molecule has 0 radical (unpaired) electrons. The van der Waals surface area contributed by atoms with Gasteiger partial charge in [0.15, 0.2) is 0 Å². The van der Waals surface area contributed by atoms with Crippen LogP contribution in [-0.4, -0.2) is 58.9 Å². The first kappa shape index (κ1) is 20.7. The lowest BCUT2D eigenvalue weighted by molar-refractivity contribution is -0.124. The van der Waals surface area contributed by atoms with Crippen molar-refractivity contribution >= 4 is 23.4 Å². The second kappa shape index (κ2) is 8.06. The fraction of sp³-hybridized carbons (Fsp3) is 0.400. The number of carbonyl (C=O) groups is 3. The van der Waals surface area contributed by atoms with Gasteiger partial charge in [0.05, 0.1) is 11.3 Å². The van der Waals surface area contributed by atoms with E-state index in [1.54, 1.807) is 21.9 Å². The Balaban J connectivity index is 1.26. The molecule has 3 amide bonds. The molecule has 5 rings (SSSR count). The van der Waals surface area contributed by atoms with Gasteiger partial charge in [-0.25, -0.2) is 0 Å². The molecule has 0 aromatic heterocycles. The van der Waals surface area contributed by atoms with Crippen LogP contribution in [0.1, 0.15) is 42.1 Å². The third-order valence-electron chi connectivity index (χ3n) is 6.93. The second-order valence-corrected chi connectivity index (χ2v) is 9.13. The Bertz CT molecular complexity index is 1060. The summed E-state index contributed by atoms with van der Waals surface area (Å²) in [5, 5.41) is 3.12. The minimum atomic E-state index is -0.811. The van der Waals surface area contributed by atoms with Crippen LogP contribution < -0.4 is 10.2 Å². The fourth-order valence-corrected chi connectivity index (χ4v) is 5.29. The van der Waals surface area contributed by atoms with Crippen LogP contribution in [0.5, 0.6) is 0 Å². The molecule has 0 spiro atoms. The summed E-state index contributed by atoms with van der Waals surface area (Å²) in [4.78, 5) is 44.5. The van der Waals surface area contributed by atoms with Crippen LogP contribution in [0.3, 0.4) is 0 Å². The lowest BCUT2D eigenvalue weighted by atomic mass is 9.98. The van der Waals surface area contributed by atoms with Gasteiger partial charge in [0.2, 0.25) is 11.8 Å². The van der Waals surface area contributed by atoms with Gasteiger partial charge in [-0.2, -0.15) is 0 Å². The normalized spacial score (nSPS) is 25.1. The van der Waals surface area contributed by atoms with E-state index >= 15 is 0 Å². The van der Waals surface area contributed by atoms with Gasteiger partial charge in [-0.15, -0.1) is 0 Å². The highest BCUT2D eigenvalue weighted by Crippen LogP contribution is 2.43. The predicted octanol–water partition coefficient (Wildman–Crippen LogP) is 2.38. The number of hydrogen-bond acceptors (Lipinski definition) is 4. The Labute approximate surface area is 188 Å². The van der Waals surface area contributed by atoms with E-state index in [2.05, 4.69) is 22.3 Å². The Morgan fingerprint density at radius 3 is 2.66 bits per heavy atom. The van der Waals surface area contributed by atoms with Crippen molar-refractivity contribution in [1.82, 2.24) is 15.1 Å². The van der Waals surface area contributed by atoms with E-state index in [1.165, 1.54) is 5.56 Å². The van der Waals surface area contributed by atoms with Gasteiger partial charge < -0.3 is 10.2 Å². The molecule has 2 fully saturated rings. The second-order valence-electron chi connectivity index (χ2n) is 9.13. The van der Waals surface area contributed by atoms with Gasteiger partial charge in [0.25, 0.3) is 5.91 Å². The molecule has 7 nitrogen and oxygen atoms in total. The van der Waals surface area contributed by atoms with E-state index < -0.39 is 5.66 Å². The summed E-state index contributed by atoms with van der Waals surface area (Å²) in [5.74, 6) is -0.378. The molecule has 0 bridgehead atoms. The van der Waals surface area contributed by atoms with E-state index in [9.17, 15) is 14.4 Å². The van der Waals surface area contributed by atoms with Gasteiger partial charge in [-0.1, -0.05) is 42.5 Å². The third-order valence-corrected chi connectivity index (χ3v) is 6.93. The highest BCUT2D eigenvalue weighted by atomic mass is 16.2. The molecule has 166 valence electrons. The number of carbonyl (C=O) groups excluding carboxylic acids is 3. The molecular weight excluding hydrogens is 404 g/mol. The smallest absolute Gasteiger partial charge is 0.258 e. The molecular formula is C25H28N4O3. The molecule has 3 heterocycles. The number of amides is 3. The molecule has 2 aromatic carbocycles. The molecule has 0 aliphatic carbocycles. The number of anilines is 1. The number of rotatable bonds is 5. The minimum Gasteiger partial charge on any atom is -0.350 e. The fourth-order valence-electron chi connectivity index (χ4n) is 5.29. The van der Waals surface area contributed by atoms with Gasteiger partial charge in [0, 0.05) is 32.1 Å². The summed E-state index contributed by atoms with van der Waals surface area (Å²) in [7, 11) is 0. The maximum atomic E-state index is 13.3. The molecule has 2 saturated heterocycles. The van der Waals surface area contributed by atoms with Crippen molar-refractivity contribution in [3.63, 3.8) is 0 Å². The Morgan fingerprint density at radius 2 is 1.84 bits per heavy atom. The first-order chi connectivity index (χ1) is 15.5. The molecule has 0 saturated carbocycles. The number of fused-ring (bicyclic) bond motifs is 3. The van der Waals surface area contributed by atoms with Crippen LogP contribution in [0.25, 0.3) is 0 Å². The van der Waals surface area contributed by atoms with Crippen molar-refractivity contribution < 1.29 is 14.4 Å². The van der Waals surface area contributed by atoms with E-state index in [0.717, 1.165) is 26.1 Å². The van der Waals surface area contributed by atoms with E-state index in [1.807, 2.05) is 37.3 Å². The van der Waals surface area contributed by atoms with Crippen molar-refractivity contribution in [1.29, 1.82) is 0 Å². The monoisotopic (exact) mass is 432 g/mol. The first-order valence-electron chi connectivity index (χ1n) is 11.3. The summed E-state index contributed by atoms with van der Waals surface area (Å²) in [5.41, 5.74) is 1.57. The van der Waals surface area contributed by atoms with Crippen LogP contribution >= 0.6 is 0 Å². The summed E-state index contributed by atoms with van der Waals surface area (Å²) >= 11 is 0. The molecule has 2 aromatic rings. The average molecular weight is 433 g/mol. The SMILES string of the molecule is CC12CCC(=O)N1c1ccccc1C(=O)N2CC(=O)NC1CCN(Cc2ccccc2)C1. The Kier molecular flexibility index (Phi) is 5.21. The van der Waals surface area contributed by atoms with Crippen molar-refractivity contribution in [2.75, 3.05) is 24.5 Å². The number of likely N-dealkylation sites (tertiary alicyclic amines) is 1. The van der Waals surface area contributed by atoms with Crippen molar-refractivity contribution in [3.8, 4) is 0 Å². The molecule has 32 heavy (non-hydrogen) atoms. The topological polar surface area (TPSA) is 73.0 Å². The maximum Gasteiger partial charge on any atom is 0.258 e. The number of benzene rings is 2. The van der Waals surface area contributed by atoms with Crippen molar-refractivity contribution in [2.45, 2.75) is 44.4 Å². The summed E-state index contributed by atoms with van der Waals surface area (Å²) in [6.07, 6.45) is 1.78. The molecule has 2 atom stereocenters. The molecule has 3 aliphatic rings. The predicted molar refractivity (Wildman–Crippen MR) is 121 cm³/mol. The van der Waals surface area contributed by atoms with Gasteiger partial charge >= 0.3 is 0 Å². The van der Waals surface area contributed by atoms with Crippen molar-refractivity contribution in [3.05, 3.63) is 65.7 Å². The average Bonchev–Trinajstić information content (AvgIpc) is 3.35. The molecule has 7 heteroatoms. The highest BCUT2D eigenvalue weighted by molar-refractivity contribution is 6.11. The standard InChI is InChI=1S/C25H28N4O3/c1-25-13-11-23(31)29(25)21-10-6-5-9-20(21)24(32)28(25)17-22(30)26-19-12-14-27(16-19)15-18-7-3-2-4-8-18/h2-10,19H,11-17H2,1H3,(H,26,30). The zero-order chi connectivity index (χ0) is 22.3. The zero-order valence-electron chi connectivity index (χ0n) is 18.3. The number of nitrogens with one attached hydrogen (secondary N) is 1. The van der Waals surface area contributed by atoms with Crippen LogP contribution in [0.4, 0.5) is 5.69 Å². The van der Waals surface area contributed by atoms with Crippen LogP contribution in [0.2, 0.25) is 0 Å². The summed E-state index contributed by atoms with van der Waals surface area (Å²) in [6.45, 7) is 4.41. The third kappa shape index (κ3) is 3.56. The largest absolute Gasteiger partial charge is 0.350 e. The molecule has 2 unspecified atom stereocenters. The number of para-hydroxylation sites is 1. The maximum absolute atomic E-state index is 13.3. The number of nitrogens with zero attached hydrogens (tertiary/aromatic N) is 3. The van der Waals surface area contributed by atoms with Gasteiger partial charge in [0.1, 0.15) is 12.2 Å². The lowest BCUT2D eigenvalue weighted by Gasteiger charge is -2.48. The van der Waals surface area contributed by atoms with Crippen molar-refractivity contribution in [2.24, 2.45) is 0 Å². The summed E-state index contributed by atoms with van der Waals surface area (Å²) < 4.78 is 0. The Hall–Kier alpha value is -3.19. The molecule has 3 aliphatic heterocycles. The van der Waals surface area contributed by atoms with E-state index in [0.29, 0.717) is 24.1 Å². The summed E-state index contributed by atoms with van der Waals surface area (Å²) in [6, 6.07) is 17.5. The zero-order valence-corrected chi connectivity index (χ0v) is 18.3. The van der Waals surface area contributed by atoms with Crippen LogP contribution in [0.15, 0.2) is 54.6 Å². The van der Waals surface area contributed by atoms with Crippen LogP contribution in [-0.2, 0) is 16.1 Å². The molecule has 1 N–H and O–H groups in total. The van der Waals surface area contributed by atoms with E-state index in [-0.39, 0.29) is 30.3 Å². The Morgan fingerprint density at radius 1 is 1.09 bits per heavy atom. The van der Waals surface area contributed by atoms with Gasteiger partial charge in [-0.3, -0.25) is 24.2 Å². The van der Waals surface area contributed by atoms with Gasteiger partial charge in [-0.05, 0) is 37.5 Å². The quantitative estimate of drug-likeness (QED) is 0.788. The minimum absolute atomic E-state index is 0.00907. The first-order valence-corrected chi connectivity index (χ1v) is 11.3.